The summed E-state index contributed by atoms with van der Waals surface area (Å²) in [5.41, 5.74) is 3.89. The lowest BCUT2D eigenvalue weighted by Crippen LogP contribution is -2.58. The van der Waals surface area contributed by atoms with Crippen molar-refractivity contribution >= 4 is 15.9 Å². The molecular weight excluding hydrogens is 280 g/mol. The van der Waals surface area contributed by atoms with Crippen molar-refractivity contribution in [3.8, 4) is 0 Å². The molecule has 1 heterocycles. The fourth-order valence-electron chi connectivity index (χ4n) is 1.56. The lowest BCUT2D eigenvalue weighted by atomic mass is 9.90. The molecule has 0 aliphatic heterocycles. The van der Waals surface area contributed by atoms with Crippen LogP contribution in [0, 0.1) is 0 Å². The maximum Gasteiger partial charge on any atom is 0.0444 e. The number of nitrogens with two attached hydrogens (primary N) is 1. The Kier molecular flexibility index (Phi) is 5.06. The molecule has 0 saturated carbocycles. The Balaban J connectivity index is 2.80. The number of halogens is 1. The predicted octanol–water partition coefficient (Wildman–Crippen LogP) is 1.56. The molecule has 0 radical (unpaired) electrons. The number of hydrazine groups is 1. The van der Waals surface area contributed by atoms with E-state index in [1.165, 1.54) is 0 Å². The second-order valence-corrected chi connectivity index (χ2v) is 5.85. The van der Waals surface area contributed by atoms with Gasteiger partial charge in [-0.2, -0.15) is 0 Å². The molecule has 0 aliphatic rings. The Bertz CT molecular complexity index is 348. The van der Waals surface area contributed by atoms with Gasteiger partial charge in [-0.25, -0.2) is 0 Å². The van der Waals surface area contributed by atoms with Gasteiger partial charge in [-0.3, -0.25) is 16.3 Å². The number of nitrogens with zero attached hydrogens (tertiary/aromatic N) is 2. The van der Waals surface area contributed by atoms with E-state index in [1.807, 2.05) is 18.3 Å². The fraction of sp³-hybridized carbons (Fsp3) is 0.583. The van der Waals surface area contributed by atoms with E-state index in [-0.39, 0.29) is 11.6 Å². The lowest BCUT2D eigenvalue weighted by molar-refractivity contribution is 0.137. The van der Waals surface area contributed by atoms with Crippen LogP contribution in [0.4, 0.5) is 0 Å². The van der Waals surface area contributed by atoms with Crippen molar-refractivity contribution in [1.82, 2.24) is 15.3 Å². The fourth-order valence-corrected chi connectivity index (χ4v) is 1.80. The normalized spacial score (nSPS) is 14.1. The van der Waals surface area contributed by atoms with Crippen LogP contribution in [-0.2, 0) is 6.42 Å². The van der Waals surface area contributed by atoms with Crippen LogP contribution in [-0.4, -0.2) is 35.6 Å². The highest BCUT2D eigenvalue weighted by molar-refractivity contribution is 9.10. The molecular formula is C12H21BrN4. The number of rotatable bonds is 5. The maximum absolute atomic E-state index is 5.66. The molecule has 1 atom stereocenters. The molecule has 96 valence electrons. The highest BCUT2D eigenvalue weighted by atomic mass is 79.9. The second kappa shape index (κ2) is 5.91. The van der Waals surface area contributed by atoms with Gasteiger partial charge in [0.2, 0.25) is 0 Å². The predicted molar refractivity (Wildman–Crippen MR) is 74.5 cm³/mol. The Morgan fingerprint density at radius 3 is 2.53 bits per heavy atom. The van der Waals surface area contributed by atoms with Crippen LogP contribution >= 0.6 is 15.9 Å². The first-order valence-corrected chi connectivity index (χ1v) is 6.41. The molecule has 0 spiro atoms. The van der Waals surface area contributed by atoms with Gasteiger partial charge >= 0.3 is 0 Å². The van der Waals surface area contributed by atoms with E-state index in [0.717, 1.165) is 16.6 Å². The molecule has 5 heteroatoms. The zero-order chi connectivity index (χ0) is 13.1. The van der Waals surface area contributed by atoms with Crippen LogP contribution in [0.2, 0.25) is 0 Å². The SMILES string of the molecule is CN(C)C(C)(C)C(Cc1ccc(Br)cn1)NN. The largest absolute Gasteiger partial charge is 0.303 e. The van der Waals surface area contributed by atoms with Gasteiger partial charge in [-0.15, -0.1) is 0 Å². The molecule has 4 nitrogen and oxygen atoms in total. The first-order chi connectivity index (χ1) is 7.87. The van der Waals surface area contributed by atoms with Crippen molar-refractivity contribution in [1.29, 1.82) is 0 Å². The van der Waals surface area contributed by atoms with Crippen molar-refractivity contribution in [3.05, 3.63) is 28.5 Å². The maximum atomic E-state index is 5.66. The molecule has 0 amide bonds. The van der Waals surface area contributed by atoms with Gasteiger partial charge in [0.1, 0.15) is 0 Å². The number of hydrogen-bond acceptors (Lipinski definition) is 4. The smallest absolute Gasteiger partial charge is 0.0444 e. The van der Waals surface area contributed by atoms with Gasteiger partial charge in [0.05, 0.1) is 0 Å². The van der Waals surface area contributed by atoms with Gasteiger partial charge in [-0.05, 0) is 56.0 Å². The molecule has 0 aliphatic carbocycles. The molecule has 0 bridgehead atoms. The zero-order valence-corrected chi connectivity index (χ0v) is 12.5. The number of likely N-dealkylation sites (N-methyl/N-ethyl adjacent to an activating group) is 1. The molecule has 0 saturated heterocycles. The van der Waals surface area contributed by atoms with Gasteiger partial charge in [0, 0.05) is 34.4 Å². The Morgan fingerprint density at radius 1 is 1.47 bits per heavy atom. The van der Waals surface area contributed by atoms with E-state index < -0.39 is 0 Å². The average Bonchev–Trinajstić information content (AvgIpc) is 2.27. The van der Waals surface area contributed by atoms with E-state index in [4.69, 9.17) is 5.84 Å². The Labute approximate surface area is 112 Å². The number of hydrogen-bond donors (Lipinski definition) is 2. The van der Waals surface area contributed by atoms with Crippen molar-refractivity contribution in [3.63, 3.8) is 0 Å². The Morgan fingerprint density at radius 2 is 2.12 bits per heavy atom. The van der Waals surface area contributed by atoms with Crippen molar-refractivity contribution in [2.75, 3.05) is 14.1 Å². The molecule has 1 unspecified atom stereocenters. The van der Waals surface area contributed by atoms with Crippen molar-refractivity contribution in [2.45, 2.75) is 31.8 Å². The summed E-state index contributed by atoms with van der Waals surface area (Å²) in [5.74, 6) is 5.66. The average molecular weight is 301 g/mol. The van der Waals surface area contributed by atoms with Crippen LogP contribution in [0.5, 0.6) is 0 Å². The summed E-state index contributed by atoms with van der Waals surface area (Å²) >= 11 is 3.38. The Hall–Kier alpha value is -0.490. The third-order valence-electron chi connectivity index (χ3n) is 3.41. The summed E-state index contributed by atoms with van der Waals surface area (Å²) in [5, 5.41) is 0. The second-order valence-electron chi connectivity index (χ2n) is 4.94. The first-order valence-electron chi connectivity index (χ1n) is 5.62. The summed E-state index contributed by atoms with van der Waals surface area (Å²) < 4.78 is 0.991. The first kappa shape index (κ1) is 14.6. The van der Waals surface area contributed by atoms with Crippen LogP contribution in [0.3, 0.4) is 0 Å². The molecule has 0 fully saturated rings. The number of aromatic nitrogens is 1. The van der Waals surface area contributed by atoms with Gasteiger partial charge in [-0.1, -0.05) is 0 Å². The molecule has 17 heavy (non-hydrogen) atoms. The molecule has 1 aromatic heterocycles. The quantitative estimate of drug-likeness (QED) is 0.640. The summed E-state index contributed by atoms with van der Waals surface area (Å²) in [7, 11) is 4.11. The summed E-state index contributed by atoms with van der Waals surface area (Å²) in [6.45, 7) is 4.33. The standard InChI is InChI=1S/C12H21BrN4/c1-12(2,17(3)4)11(16-14)7-10-6-5-9(13)8-15-10/h5-6,8,11,16H,7,14H2,1-4H3. The molecule has 1 aromatic rings. The van der Waals surface area contributed by atoms with Crippen molar-refractivity contribution < 1.29 is 0 Å². The van der Waals surface area contributed by atoms with Gasteiger partial charge in [0.25, 0.3) is 0 Å². The molecule has 0 aromatic carbocycles. The van der Waals surface area contributed by atoms with Crippen LogP contribution in [0.25, 0.3) is 0 Å². The summed E-state index contributed by atoms with van der Waals surface area (Å²) in [6, 6.07) is 4.16. The monoisotopic (exact) mass is 300 g/mol. The highest BCUT2D eigenvalue weighted by Gasteiger charge is 2.31. The topological polar surface area (TPSA) is 54.2 Å². The third kappa shape index (κ3) is 3.74. The van der Waals surface area contributed by atoms with Gasteiger partial charge < -0.3 is 4.90 Å². The van der Waals surface area contributed by atoms with E-state index in [1.54, 1.807) is 0 Å². The minimum absolute atomic E-state index is 0.0382. The van der Waals surface area contributed by atoms with Crippen LogP contribution in [0.1, 0.15) is 19.5 Å². The van der Waals surface area contributed by atoms with E-state index in [9.17, 15) is 0 Å². The molecule has 1 rings (SSSR count). The summed E-state index contributed by atoms with van der Waals surface area (Å²) in [6.07, 6.45) is 2.61. The molecule has 3 N–H and O–H groups in total. The van der Waals surface area contributed by atoms with E-state index in [0.29, 0.717) is 0 Å². The van der Waals surface area contributed by atoms with E-state index in [2.05, 4.69) is 59.2 Å². The van der Waals surface area contributed by atoms with E-state index >= 15 is 0 Å². The van der Waals surface area contributed by atoms with Crippen LogP contribution < -0.4 is 11.3 Å². The minimum Gasteiger partial charge on any atom is -0.303 e. The van der Waals surface area contributed by atoms with Gasteiger partial charge in [0.15, 0.2) is 0 Å². The number of nitrogens with one attached hydrogen (secondary N) is 1. The lowest BCUT2D eigenvalue weighted by Gasteiger charge is -2.39. The zero-order valence-electron chi connectivity index (χ0n) is 10.9. The third-order valence-corrected chi connectivity index (χ3v) is 3.88. The summed E-state index contributed by atoms with van der Waals surface area (Å²) in [4.78, 5) is 6.54. The minimum atomic E-state index is -0.0382. The number of pyridine rings is 1. The highest BCUT2D eigenvalue weighted by Crippen LogP contribution is 2.19. The van der Waals surface area contributed by atoms with Crippen molar-refractivity contribution in [2.24, 2.45) is 5.84 Å². The van der Waals surface area contributed by atoms with Crippen LogP contribution in [0.15, 0.2) is 22.8 Å².